The van der Waals surface area contributed by atoms with E-state index in [2.05, 4.69) is 11.1 Å². The predicted molar refractivity (Wildman–Crippen MR) is 117 cm³/mol. The number of rotatable bonds is 4. The second-order valence-electron chi connectivity index (χ2n) is 8.29. The van der Waals surface area contributed by atoms with Crippen molar-refractivity contribution >= 4 is 26.6 Å². The molecule has 3 N–H and O–H groups in total. The summed E-state index contributed by atoms with van der Waals surface area (Å²) in [6.07, 6.45) is 3.13. The minimum atomic E-state index is -3.06. The van der Waals surface area contributed by atoms with Gasteiger partial charge in [0.15, 0.2) is 9.84 Å². The maximum absolute atomic E-state index is 12.5. The number of carbonyl (C=O) groups excluding carboxylic acids is 1. The Morgan fingerprint density at radius 2 is 1.86 bits per heavy atom. The zero-order valence-corrected chi connectivity index (χ0v) is 17.5. The second kappa shape index (κ2) is 7.34. The summed E-state index contributed by atoms with van der Waals surface area (Å²) in [5.74, 6) is -0.0678. The highest BCUT2D eigenvalue weighted by Gasteiger charge is 2.37. The van der Waals surface area contributed by atoms with Crippen LogP contribution in [0.5, 0.6) is 0 Å². The number of benzene rings is 2. The Balaban J connectivity index is 1.84. The Bertz CT molecular complexity index is 1160. The van der Waals surface area contributed by atoms with Gasteiger partial charge >= 0.3 is 0 Å². The molecule has 1 aromatic heterocycles. The van der Waals surface area contributed by atoms with Crippen molar-refractivity contribution in [3.63, 3.8) is 0 Å². The molecule has 1 aliphatic rings. The van der Waals surface area contributed by atoms with E-state index < -0.39 is 15.7 Å². The van der Waals surface area contributed by atoms with Gasteiger partial charge in [-0.3, -0.25) is 4.79 Å². The smallest absolute Gasteiger partial charge is 0.250 e. The van der Waals surface area contributed by atoms with Gasteiger partial charge in [0.2, 0.25) is 0 Å². The summed E-state index contributed by atoms with van der Waals surface area (Å²) in [6.45, 7) is 3.94. The zero-order valence-electron chi connectivity index (χ0n) is 16.7. The first-order valence-corrected chi connectivity index (χ1v) is 11.7. The van der Waals surface area contributed by atoms with Crippen LogP contribution in [-0.2, 0) is 9.84 Å². The minimum absolute atomic E-state index is 0.0778. The number of nitrogens with two attached hydrogens (primary N) is 1. The van der Waals surface area contributed by atoms with Crippen LogP contribution in [0, 0.1) is 5.92 Å². The fourth-order valence-electron chi connectivity index (χ4n) is 4.55. The van der Waals surface area contributed by atoms with Gasteiger partial charge in [0, 0.05) is 11.6 Å². The number of carbonyl (C=O) groups is 1. The molecular weight excluding hydrogens is 384 g/mol. The highest BCUT2D eigenvalue weighted by molar-refractivity contribution is 7.92. The SMILES string of the molecule is CC(C)C1CC(c2c[nH]c3c(C(N)=O)cc(-c4ccccc4)cc23)CCS1(=O)=O. The van der Waals surface area contributed by atoms with Crippen LogP contribution in [0.3, 0.4) is 0 Å². The number of aromatic amines is 1. The molecule has 1 aliphatic heterocycles. The average molecular weight is 411 g/mol. The molecule has 2 heterocycles. The Labute approximate surface area is 171 Å². The van der Waals surface area contributed by atoms with E-state index in [0.717, 1.165) is 27.6 Å². The Kier molecular flexibility index (Phi) is 4.99. The van der Waals surface area contributed by atoms with Gasteiger partial charge < -0.3 is 10.7 Å². The average Bonchev–Trinajstić information content (AvgIpc) is 3.11. The third-order valence-electron chi connectivity index (χ3n) is 6.11. The van der Waals surface area contributed by atoms with Crippen molar-refractivity contribution < 1.29 is 13.2 Å². The third kappa shape index (κ3) is 3.57. The summed E-state index contributed by atoms with van der Waals surface area (Å²) in [6, 6.07) is 13.8. The van der Waals surface area contributed by atoms with Crippen LogP contribution in [-0.4, -0.2) is 30.3 Å². The van der Waals surface area contributed by atoms with Crippen LogP contribution in [0.1, 0.15) is 48.5 Å². The van der Waals surface area contributed by atoms with E-state index in [0.29, 0.717) is 18.4 Å². The Morgan fingerprint density at radius 1 is 1.14 bits per heavy atom. The lowest BCUT2D eigenvalue weighted by atomic mass is 9.87. The molecule has 5 nitrogen and oxygen atoms in total. The highest BCUT2D eigenvalue weighted by atomic mass is 32.2. The molecule has 0 saturated carbocycles. The molecule has 0 radical (unpaired) electrons. The number of hydrogen-bond donors (Lipinski definition) is 2. The van der Waals surface area contributed by atoms with Crippen molar-refractivity contribution in [1.82, 2.24) is 4.98 Å². The van der Waals surface area contributed by atoms with E-state index in [4.69, 9.17) is 5.73 Å². The summed E-state index contributed by atoms with van der Waals surface area (Å²) in [7, 11) is -3.06. The van der Waals surface area contributed by atoms with E-state index in [1.165, 1.54) is 0 Å². The summed E-state index contributed by atoms with van der Waals surface area (Å²) < 4.78 is 25.0. The molecule has 0 spiro atoms. The molecule has 2 aromatic carbocycles. The number of amides is 1. The van der Waals surface area contributed by atoms with E-state index >= 15 is 0 Å². The van der Waals surface area contributed by atoms with Crippen molar-refractivity contribution in [3.05, 3.63) is 59.8 Å². The van der Waals surface area contributed by atoms with Gasteiger partial charge in [0.25, 0.3) is 5.91 Å². The van der Waals surface area contributed by atoms with E-state index in [1.807, 2.05) is 56.4 Å². The Morgan fingerprint density at radius 3 is 2.52 bits per heavy atom. The van der Waals surface area contributed by atoms with Gasteiger partial charge in [-0.2, -0.15) is 0 Å². The van der Waals surface area contributed by atoms with Crippen molar-refractivity contribution in [3.8, 4) is 11.1 Å². The van der Waals surface area contributed by atoms with Gasteiger partial charge in [-0.1, -0.05) is 44.2 Å². The molecule has 0 aliphatic carbocycles. The van der Waals surface area contributed by atoms with Crippen molar-refractivity contribution in [1.29, 1.82) is 0 Å². The van der Waals surface area contributed by atoms with E-state index in [-0.39, 0.29) is 22.8 Å². The summed E-state index contributed by atoms with van der Waals surface area (Å²) >= 11 is 0. The van der Waals surface area contributed by atoms with Gasteiger partial charge in [0.1, 0.15) is 0 Å². The van der Waals surface area contributed by atoms with Crippen molar-refractivity contribution in [2.45, 2.75) is 37.9 Å². The topological polar surface area (TPSA) is 93.0 Å². The largest absolute Gasteiger partial charge is 0.366 e. The molecule has 152 valence electrons. The first-order chi connectivity index (χ1) is 13.8. The normalized spacial score (nSPS) is 21.5. The molecule has 1 amide bonds. The monoisotopic (exact) mass is 410 g/mol. The lowest BCUT2D eigenvalue weighted by molar-refractivity contribution is 0.100. The van der Waals surface area contributed by atoms with Gasteiger partial charge in [0.05, 0.1) is 22.1 Å². The minimum Gasteiger partial charge on any atom is -0.366 e. The molecule has 1 saturated heterocycles. The summed E-state index contributed by atoms with van der Waals surface area (Å²) in [5.41, 5.74) is 9.86. The predicted octanol–water partition coefficient (Wildman–Crippen LogP) is 4.25. The lowest BCUT2D eigenvalue weighted by Crippen LogP contribution is -2.35. The molecule has 29 heavy (non-hydrogen) atoms. The number of nitrogens with one attached hydrogen (secondary N) is 1. The number of hydrogen-bond acceptors (Lipinski definition) is 3. The lowest BCUT2D eigenvalue weighted by Gasteiger charge is -2.31. The molecule has 0 bridgehead atoms. The molecule has 4 rings (SSSR count). The number of primary amides is 1. The van der Waals surface area contributed by atoms with Crippen molar-refractivity contribution in [2.24, 2.45) is 11.7 Å². The fraction of sp³-hybridized carbons (Fsp3) is 0.348. The quantitative estimate of drug-likeness (QED) is 0.673. The Hall–Kier alpha value is -2.60. The van der Waals surface area contributed by atoms with Crippen LogP contribution in [0.15, 0.2) is 48.7 Å². The van der Waals surface area contributed by atoms with Crippen LogP contribution < -0.4 is 5.73 Å². The highest BCUT2D eigenvalue weighted by Crippen LogP contribution is 2.40. The maximum Gasteiger partial charge on any atom is 0.250 e. The van der Waals surface area contributed by atoms with Gasteiger partial charge in [-0.05, 0) is 53.5 Å². The first kappa shape index (κ1) is 19.7. The molecule has 2 atom stereocenters. The van der Waals surface area contributed by atoms with E-state index in [9.17, 15) is 13.2 Å². The fourth-order valence-corrected chi connectivity index (χ4v) is 6.83. The second-order valence-corrected chi connectivity index (χ2v) is 10.6. The summed E-state index contributed by atoms with van der Waals surface area (Å²) in [5, 5.41) is 0.617. The maximum atomic E-state index is 12.5. The first-order valence-electron chi connectivity index (χ1n) is 9.99. The molecular formula is C23H26N2O3S. The van der Waals surface area contributed by atoms with Crippen LogP contribution in [0.4, 0.5) is 0 Å². The number of H-pyrrole nitrogens is 1. The van der Waals surface area contributed by atoms with E-state index in [1.54, 1.807) is 0 Å². The molecule has 6 heteroatoms. The third-order valence-corrected chi connectivity index (χ3v) is 8.57. The van der Waals surface area contributed by atoms with Crippen LogP contribution in [0.25, 0.3) is 22.0 Å². The molecule has 2 unspecified atom stereocenters. The van der Waals surface area contributed by atoms with Gasteiger partial charge in [-0.25, -0.2) is 8.42 Å². The molecule has 1 fully saturated rings. The van der Waals surface area contributed by atoms with Crippen molar-refractivity contribution in [2.75, 3.05) is 5.75 Å². The summed E-state index contributed by atoms with van der Waals surface area (Å²) in [4.78, 5) is 15.4. The van der Waals surface area contributed by atoms with Gasteiger partial charge in [-0.15, -0.1) is 0 Å². The number of aromatic nitrogens is 1. The zero-order chi connectivity index (χ0) is 20.8. The number of fused-ring (bicyclic) bond motifs is 1. The molecule has 3 aromatic rings. The van der Waals surface area contributed by atoms with Crippen LogP contribution >= 0.6 is 0 Å². The van der Waals surface area contributed by atoms with Crippen LogP contribution in [0.2, 0.25) is 0 Å². The standard InChI is InChI=1S/C23H26N2O3S/c1-14(2)21-12-16(8-9-29(21,27)28)20-13-25-22-18(20)10-17(11-19(22)23(24)26)15-6-4-3-5-7-15/h3-7,10-11,13-14,16,21,25H,8-9,12H2,1-2H3,(H2,24,26). The number of sulfone groups is 1.